The molecule has 1 saturated heterocycles. The highest BCUT2D eigenvalue weighted by molar-refractivity contribution is 7.91. The van der Waals surface area contributed by atoms with E-state index >= 15 is 0 Å². The van der Waals surface area contributed by atoms with Gasteiger partial charge in [0.1, 0.15) is 0 Å². The summed E-state index contributed by atoms with van der Waals surface area (Å²) in [6, 6.07) is 0. The molecule has 0 radical (unpaired) electrons. The third kappa shape index (κ3) is 2.62. The number of nitrogens with zero attached hydrogens (tertiary/aromatic N) is 1. The zero-order valence-corrected chi connectivity index (χ0v) is 10.1. The lowest BCUT2D eigenvalue weighted by Gasteiger charge is -2.33. The second-order valence-electron chi connectivity index (χ2n) is 4.10. The number of rotatable bonds is 2. The van der Waals surface area contributed by atoms with Gasteiger partial charge in [-0.3, -0.25) is 0 Å². The van der Waals surface area contributed by atoms with Crippen molar-refractivity contribution in [1.82, 2.24) is 4.90 Å². The van der Waals surface area contributed by atoms with E-state index in [0.717, 1.165) is 0 Å². The van der Waals surface area contributed by atoms with Crippen LogP contribution in [0.25, 0.3) is 0 Å². The molecule has 0 aliphatic carbocycles. The Kier molecular flexibility index (Phi) is 3.28. The summed E-state index contributed by atoms with van der Waals surface area (Å²) in [7, 11) is -1.41. The fourth-order valence-electron chi connectivity index (χ4n) is 1.70. The first-order valence-corrected chi connectivity index (χ1v) is 6.74. The molecule has 0 bridgehead atoms. The molecule has 1 aliphatic rings. The number of ether oxygens (including phenoxy) is 1. The van der Waals surface area contributed by atoms with Gasteiger partial charge in [0.25, 0.3) is 0 Å². The second kappa shape index (κ2) is 4.00. The Balaban J connectivity index is 2.76. The van der Waals surface area contributed by atoms with Crippen LogP contribution in [0.15, 0.2) is 0 Å². The van der Waals surface area contributed by atoms with Crippen LogP contribution in [-0.4, -0.2) is 50.1 Å². The Morgan fingerprint density at radius 2 is 2.13 bits per heavy atom. The minimum atomic E-state index is -3.00. The van der Waals surface area contributed by atoms with Gasteiger partial charge in [0, 0.05) is 7.05 Å². The summed E-state index contributed by atoms with van der Waals surface area (Å²) in [4.78, 5) is 12.8. The first-order chi connectivity index (χ1) is 6.81. The summed E-state index contributed by atoms with van der Waals surface area (Å²) < 4.78 is 27.5. The predicted molar refractivity (Wildman–Crippen MR) is 56.5 cm³/mol. The third-order valence-electron chi connectivity index (χ3n) is 2.83. The van der Waals surface area contributed by atoms with Crippen molar-refractivity contribution in [3.8, 4) is 0 Å². The average Bonchev–Trinajstić information content (AvgIpc) is 2.41. The van der Waals surface area contributed by atoms with Crippen LogP contribution >= 0.6 is 0 Å². The third-order valence-corrected chi connectivity index (χ3v) is 4.72. The van der Waals surface area contributed by atoms with Crippen molar-refractivity contribution in [1.29, 1.82) is 0 Å². The van der Waals surface area contributed by atoms with Gasteiger partial charge in [-0.2, -0.15) is 0 Å². The van der Waals surface area contributed by atoms with Gasteiger partial charge < -0.3 is 9.64 Å². The van der Waals surface area contributed by atoms with Gasteiger partial charge in [-0.05, 0) is 20.3 Å². The fourth-order valence-corrected chi connectivity index (χ4v) is 3.88. The summed E-state index contributed by atoms with van der Waals surface area (Å²) in [5.74, 6) is 0.169. The maximum atomic E-state index is 11.5. The van der Waals surface area contributed by atoms with E-state index in [1.165, 1.54) is 4.90 Å². The minimum absolute atomic E-state index is 0.0231. The average molecular weight is 235 g/mol. The molecule has 5 nitrogen and oxygen atoms in total. The van der Waals surface area contributed by atoms with Gasteiger partial charge >= 0.3 is 6.09 Å². The van der Waals surface area contributed by atoms with E-state index in [2.05, 4.69) is 0 Å². The number of carbonyl (C=O) groups excluding carboxylic acids is 1. The van der Waals surface area contributed by atoms with Crippen molar-refractivity contribution in [2.45, 2.75) is 25.8 Å². The van der Waals surface area contributed by atoms with E-state index in [4.69, 9.17) is 4.74 Å². The molecule has 1 amide bonds. The molecule has 0 aromatic rings. The van der Waals surface area contributed by atoms with Crippen molar-refractivity contribution < 1.29 is 17.9 Å². The fraction of sp³-hybridized carbons (Fsp3) is 0.889. The molecule has 0 unspecified atom stereocenters. The molecule has 1 atom stereocenters. The first kappa shape index (κ1) is 12.3. The molecule has 6 heteroatoms. The zero-order chi connectivity index (χ0) is 11.7. The van der Waals surface area contributed by atoms with Crippen LogP contribution in [0.4, 0.5) is 4.79 Å². The van der Waals surface area contributed by atoms with Crippen molar-refractivity contribution in [3.63, 3.8) is 0 Å². The molecule has 0 spiro atoms. The van der Waals surface area contributed by atoms with Crippen molar-refractivity contribution in [2.24, 2.45) is 0 Å². The number of amides is 1. The van der Waals surface area contributed by atoms with Gasteiger partial charge in [0.15, 0.2) is 9.84 Å². The van der Waals surface area contributed by atoms with Crippen molar-refractivity contribution in [3.05, 3.63) is 0 Å². The van der Waals surface area contributed by atoms with Gasteiger partial charge in [-0.15, -0.1) is 0 Å². The molecular formula is C9H17NO4S. The molecule has 0 saturated carbocycles. The van der Waals surface area contributed by atoms with Crippen molar-refractivity contribution in [2.75, 3.05) is 25.2 Å². The Morgan fingerprint density at radius 3 is 2.53 bits per heavy atom. The monoisotopic (exact) mass is 235 g/mol. The van der Waals surface area contributed by atoms with Crippen LogP contribution in [0.1, 0.15) is 20.3 Å². The minimum Gasteiger partial charge on any atom is -0.450 e. The lowest BCUT2D eigenvalue weighted by molar-refractivity contribution is 0.0817. The predicted octanol–water partition coefficient (Wildman–Crippen LogP) is 0.652. The highest BCUT2D eigenvalue weighted by atomic mass is 32.2. The van der Waals surface area contributed by atoms with Gasteiger partial charge in [-0.1, -0.05) is 0 Å². The van der Waals surface area contributed by atoms with E-state index in [1.54, 1.807) is 20.9 Å². The Bertz CT molecular complexity index is 351. The number of carbonyl (C=O) groups is 1. The van der Waals surface area contributed by atoms with Gasteiger partial charge in [-0.25, -0.2) is 13.2 Å². The second-order valence-corrected chi connectivity index (χ2v) is 6.28. The smallest absolute Gasteiger partial charge is 0.409 e. The Hall–Kier alpha value is -0.780. The summed E-state index contributed by atoms with van der Waals surface area (Å²) >= 11 is 0. The molecule has 15 heavy (non-hydrogen) atoms. The summed E-state index contributed by atoms with van der Waals surface area (Å²) in [5, 5.41) is 0. The molecule has 0 aromatic carbocycles. The maximum Gasteiger partial charge on any atom is 0.409 e. The normalized spacial score (nSPS) is 28.7. The van der Waals surface area contributed by atoms with Crippen LogP contribution in [0, 0.1) is 0 Å². The standard InChI is InChI=1S/C9H17NO4S/c1-4-14-8(11)10(3)9(2)5-6-15(12,13)7-9/h4-7H2,1-3H3/t9-/m1/s1. The van der Waals surface area contributed by atoms with E-state index < -0.39 is 21.5 Å². The molecule has 88 valence electrons. The molecule has 0 N–H and O–H groups in total. The van der Waals surface area contributed by atoms with Crippen LogP contribution in [-0.2, 0) is 14.6 Å². The Morgan fingerprint density at radius 1 is 1.53 bits per heavy atom. The quantitative estimate of drug-likeness (QED) is 0.705. The molecule has 1 rings (SSSR count). The van der Waals surface area contributed by atoms with Crippen molar-refractivity contribution >= 4 is 15.9 Å². The lowest BCUT2D eigenvalue weighted by Crippen LogP contribution is -2.48. The molecule has 0 aromatic heterocycles. The molecule has 1 heterocycles. The number of sulfone groups is 1. The maximum absolute atomic E-state index is 11.5. The molecular weight excluding hydrogens is 218 g/mol. The zero-order valence-electron chi connectivity index (χ0n) is 9.32. The molecule has 1 fully saturated rings. The topological polar surface area (TPSA) is 63.7 Å². The van der Waals surface area contributed by atoms with Gasteiger partial charge in [0.05, 0.1) is 23.7 Å². The van der Waals surface area contributed by atoms with E-state index in [-0.39, 0.29) is 11.5 Å². The largest absolute Gasteiger partial charge is 0.450 e. The molecule has 1 aliphatic heterocycles. The summed E-state index contributed by atoms with van der Waals surface area (Å²) in [6.07, 6.45) is 0.0158. The number of hydrogen-bond acceptors (Lipinski definition) is 4. The van der Waals surface area contributed by atoms with E-state index in [0.29, 0.717) is 13.0 Å². The first-order valence-electron chi connectivity index (χ1n) is 4.92. The number of hydrogen-bond donors (Lipinski definition) is 0. The van der Waals surface area contributed by atoms with E-state index in [9.17, 15) is 13.2 Å². The lowest BCUT2D eigenvalue weighted by atomic mass is 10.0. The van der Waals surface area contributed by atoms with Crippen LogP contribution in [0.3, 0.4) is 0 Å². The SMILES string of the molecule is CCOC(=O)N(C)[C@]1(C)CCS(=O)(=O)C1. The van der Waals surface area contributed by atoms with Crippen LogP contribution < -0.4 is 0 Å². The van der Waals surface area contributed by atoms with E-state index in [1.807, 2.05) is 0 Å². The Labute approximate surface area is 90.3 Å². The highest BCUT2D eigenvalue weighted by Crippen LogP contribution is 2.28. The summed E-state index contributed by atoms with van der Waals surface area (Å²) in [6.45, 7) is 3.79. The van der Waals surface area contributed by atoms with Gasteiger partial charge in [0.2, 0.25) is 0 Å². The van der Waals surface area contributed by atoms with Crippen LogP contribution in [0.2, 0.25) is 0 Å². The summed E-state index contributed by atoms with van der Waals surface area (Å²) in [5.41, 5.74) is -0.620. The van der Waals surface area contributed by atoms with Crippen LogP contribution in [0.5, 0.6) is 0 Å². The highest BCUT2D eigenvalue weighted by Gasteiger charge is 2.43.